The Morgan fingerprint density at radius 1 is 0.964 bits per heavy atom. The molecule has 6 heteroatoms. The summed E-state index contributed by atoms with van der Waals surface area (Å²) in [5.74, 6) is -0.612. The third-order valence-corrected chi connectivity index (χ3v) is 4.50. The van der Waals surface area contributed by atoms with Crippen LogP contribution in [0.2, 0.25) is 0 Å². The van der Waals surface area contributed by atoms with E-state index in [1.54, 1.807) is 0 Å². The van der Waals surface area contributed by atoms with Crippen LogP contribution in [-0.2, 0) is 32.1 Å². The molecule has 0 N–H and O–H groups in total. The zero-order chi connectivity index (χ0) is 19.8. The van der Waals surface area contributed by atoms with Gasteiger partial charge in [0.25, 0.3) is 0 Å². The number of nitrogens with zero attached hydrogens (tertiary/aromatic N) is 1. The summed E-state index contributed by atoms with van der Waals surface area (Å²) in [5, 5.41) is 0. The summed E-state index contributed by atoms with van der Waals surface area (Å²) in [7, 11) is 0. The molecule has 2 aromatic carbocycles. The van der Waals surface area contributed by atoms with E-state index >= 15 is 0 Å². The van der Waals surface area contributed by atoms with E-state index in [4.69, 9.17) is 9.47 Å². The topological polar surface area (TPSA) is 72.9 Å². The van der Waals surface area contributed by atoms with Gasteiger partial charge < -0.3 is 14.4 Å². The number of amides is 1. The molecule has 0 bridgehead atoms. The van der Waals surface area contributed by atoms with Gasteiger partial charge in [-0.25, -0.2) is 9.59 Å². The zero-order valence-corrected chi connectivity index (χ0v) is 15.6. The molecule has 1 atom stereocenters. The first-order chi connectivity index (χ1) is 13.6. The summed E-state index contributed by atoms with van der Waals surface area (Å²) in [6.07, 6.45) is -0.449. The Hall–Kier alpha value is -3.15. The van der Waals surface area contributed by atoms with Crippen molar-refractivity contribution in [2.75, 3.05) is 13.1 Å². The van der Waals surface area contributed by atoms with E-state index < -0.39 is 18.2 Å². The Morgan fingerprint density at radius 2 is 1.61 bits per heavy atom. The van der Waals surface area contributed by atoms with E-state index in [0.29, 0.717) is 19.4 Å². The fraction of sp³-hybridized carbons (Fsp3) is 0.318. The standard InChI is InChI=1S/C22H23NO5/c24-19-12-7-13-23(15-19)22(26)28-20(14-17-8-3-1-4-9-17)21(25)27-16-18-10-5-2-6-11-18/h1-6,8-11,20H,7,12-16H2/t20-/m0/s1. The van der Waals surface area contributed by atoms with Crippen LogP contribution in [0.25, 0.3) is 0 Å². The van der Waals surface area contributed by atoms with Gasteiger partial charge in [0.15, 0.2) is 5.78 Å². The van der Waals surface area contributed by atoms with E-state index in [2.05, 4.69) is 0 Å². The number of carbonyl (C=O) groups excluding carboxylic acids is 3. The zero-order valence-electron chi connectivity index (χ0n) is 15.6. The maximum Gasteiger partial charge on any atom is 0.411 e. The minimum Gasteiger partial charge on any atom is -0.458 e. The Labute approximate surface area is 164 Å². The monoisotopic (exact) mass is 381 g/mol. The van der Waals surface area contributed by atoms with Crippen molar-refractivity contribution < 1.29 is 23.9 Å². The molecular weight excluding hydrogens is 358 g/mol. The third-order valence-electron chi connectivity index (χ3n) is 4.50. The lowest BCUT2D eigenvalue weighted by atomic mass is 10.1. The minimum absolute atomic E-state index is 0.00513. The summed E-state index contributed by atoms with van der Waals surface area (Å²) in [6.45, 7) is 0.572. The highest BCUT2D eigenvalue weighted by molar-refractivity contribution is 5.86. The number of Topliss-reactive ketones (excluding diaryl/α,β-unsaturated/α-hetero) is 1. The van der Waals surface area contributed by atoms with Crippen molar-refractivity contribution in [1.29, 1.82) is 0 Å². The highest BCUT2D eigenvalue weighted by Gasteiger charge is 2.29. The van der Waals surface area contributed by atoms with Gasteiger partial charge in [-0.05, 0) is 17.5 Å². The molecule has 1 aliphatic rings. The predicted molar refractivity (Wildman–Crippen MR) is 102 cm³/mol. The van der Waals surface area contributed by atoms with E-state index in [1.807, 2.05) is 60.7 Å². The van der Waals surface area contributed by atoms with E-state index in [9.17, 15) is 14.4 Å². The molecular formula is C22H23NO5. The van der Waals surface area contributed by atoms with Crippen LogP contribution in [0.5, 0.6) is 0 Å². The second-order valence-electron chi connectivity index (χ2n) is 6.72. The second-order valence-corrected chi connectivity index (χ2v) is 6.72. The minimum atomic E-state index is -1.07. The average Bonchev–Trinajstić information content (AvgIpc) is 2.73. The SMILES string of the molecule is O=C1CCCN(C(=O)O[C@@H](Cc2ccccc2)C(=O)OCc2ccccc2)C1. The molecule has 0 aromatic heterocycles. The van der Waals surface area contributed by atoms with Gasteiger partial charge in [-0.15, -0.1) is 0 Å². The summed E-state index contributed by atoms with van der Waals surface area (Å²) in [4.78, 5) is 38.0. The number of ketones is 1. The summed E-state index contributed by atoms with van der Waals surface area (Å²) in [6, 6.07) is 18.6. The fourth-order valence-electron chi connectivity index (χ4n) is 3.01. The van der Waals surface area contributed by atoms with Crippen molar-refractivity contribution in [3.8, 4) is 0 Å². The van der Waals surface area contributed by atoms with Crippen LogP contribution in [0, 0.1) is 0 Å². The molecule has 146 valence electrons. The van der Waals surface area contributed by atoms with Gasteiger partial charge in [0.05, 0.1) is 6.54 Å². The van der Waals surface area contributed by atoms with Gasteiger partial charge in [-0.1, -0.05) is 60.7 Å². The summed E-state index contributed by atoms with van der Waals surface area (Å²) in [5.41, 5.74) is 1.70. The molecule has 1 heterocycles. The smallest absolute Gasteiger partial charge is 0.411 e. The molecule has 0 unspecified atom stereocenters. The van der Waals surface area contributed by atoms with Crippen molar-refractivity contribution in [1.82, 2.24) is 4.90 Å². The Bertz CT molecular complexity index is 806. The first kappa shape index (κ1) is 19.6. The molecule has 1 aliphatic heterocycles. The number of benzene rings is 2. The van der Waals surface area contributed by atoms with Crippen molar-refractivity contribution in [3.05, 3.63) is 71.8 Å². The number of esters is 1. The normalized spacial score (nSPS) is 15.0. The van der Waals surface area contributed by atoms with Crippen molar-refractivity contribution >= 4 is 17.8 Å². The van der Waals surface area contributed by atoms with Gasteiger partial charge in [-0.2, -0.15) is 0 Å². The maximum atomic E-state index is 12.6. The molecule has 6 nitrogen and oxygen atoms in total. The highest BCUT2D eigenvalue weighted by Crippen LogP contribution is 2.14. The van der Waals surface area contributed by atoms with E-state index in [0.717, 1.165) is 11.1 Å². The lowest BCUT2D eigenvalue weighted by molar-refractivity contribution is -0.155. The molecule has 0 aliphatic carbocycles. The van der Waals surface area contributed by atoms with Crippen LogP contribution in [0.15, 0.2) is 60.7 Å². The molecule has 0 radical (unpaired) electrons. The molecule has 2 aromatic rings. The largest absolute Gasteiger partial charge is 0.458 e. The Morgan fingerprint density at radius 3 is 2.25 bits per heavy atom. The molecule has 3 rings (SSSR count). The number of hydrogen-bond acceptors (Lipinski definition) is 5. The lowest BCUT2D eigenvalue weighted by Gasteiger charge is -2.27. The van der Waals surface area contributed by atoms with Crippen LogP contribution in [0.3, 0.4) is 0 Å². The highest BCUT2D eigenvalue weighted by atomic mass is 16.6. The van der Waals surface area contributed by atoms with Gasteiger partial charge >= 0.3 is 12.1 Å². The number of rotatable bonds is 6. The fourth-order valence-corrected chi connectivity index (χ4v) is 3.01. The first-order valence-electron chi connectivity index (χ1n) is 9.33. The molecule has 1 saturated heterocycles. The number of carbonyl (C=O) groups is 3. The van der Waals surface area contributed by atoms with Crippen molar-refractivity contribution in [2.24, 2.45) is 0 Å². The molecule has 0 spiro atoms. The van der Waals surface area contributed by atoms with Gasteiger partial charge in [-0.3, -0.25) is 4.79 Å². The molecule has 28 heavy (non-hydrogen) atoms. The van der Waals surface area contributed by atoms with Gasteiger partial charge in [0.1, 0.15) is 6.61 Å². The van der Waals surface area contributed by atoms with Gasteiger partial charge in [0.2, 0.25) is 6.10 Å². The molecule has 0 saturated carbocycles. The maximum absolute atomic E-state index is 12.6. The Kier molecular flexibility index (Phi) is 6.78. The number of ether oxygens (including phenoxy) is 2. The molecule has 1 amide bonds. The van der Waals surface area contributed by atoms with E-state index in [1.165, 1.54) is 4.90 Å². The van der Waals surface area contributed by atoms with Crippen LogP contribution < -0.4 is 0 Å². The number of hydrogen-bond donors (Lipinski definition) is 0. The van der Waals surface area contributed by atoms with Crippen LogP contribution in [-0.4, -0.2) is 41.9 Å². The Balaban J connectivity index is 1.66. The third kappa shape index (κ3) is 5.67. The average molecular weight is 381 g/mol. The number of piperidine rings is 1. The predicted octanol–water partition coefficient (Wildman–Crippen LogP) is 3.14. The lowest BCUT2D eigenvalue weighted by Crippen LogP contribution is -2.43. The molecule has 1 fully saturated rings. The van der Waals surface area contributed by atoms with Crippen LogP contribution >= 0.6 is 0 Å². The van der Waals surface area contributed by atoms with Crippen molar-refractivity contribution in [3.63, 3.8) is 0 Å². The van der Waals surface area contributed by atoms with Crippen molar-refractivity contribution in [2.45, 2.75) is 32.0 Å². The van der Waals surface area contributed by atoms with Gasteiger partial charge in [0, 0.05) is 19.4 Å². The van der Waals surface area contributed by atoms with E-state index in [-0.39, 0.29) is 25.4 Å². The second kappa shape index (κ2) is 9.69. The quantitative estimate of drug-likeness (QED) is 0.719. The van der Waals surface area contributed by atoms with Crippen LogP contribution in [0.1, 0.15) is 24.0 Å². The number of likely N-dealkylation sites (tertiary alicyclic amines) is 1. The summed E-state index contributed by atoms with van der Waals surface area (Å²) >= 11 is 0. The van der Waals surface area contributed by atoms with Crippen LogP contribution in [0.4, 0.5) is 4.79 Å². The first-order valence-corrected chi connectivity index (χ1v) is 9.33. The summed E-state index contributed by atoms with van der Waals surface area (Å²) < 4.78 is 10.8.